The number of nitrogens with zero attached hydrogens (tertiary/aromatic N) is 1. The average molecular weight is 181 g/mol. The third kappa shape index (κ3) is 2.52. The molecule has 3 nitrogen and oxygen atoms in total. The van der Waals surface area contributed by atoms with Gasteiger partial charge in [-0.25, -0.2) is 0 Å². The summed E-state index contributed by atoms with van der Waals surface area (Å²) in [6.45, 7) is 1.76. The highest BCUT2D eigenvalue weighted by atomic mass is 16.5. The molecule has 0 aliphatic rings. The zero-order valence-electron chi connectivity index (χ0n) is 7.88. The number of hydroxylamine groups is 2. The molecule has 2 atom stereocenters. The van der Waals surface area contributed by atoms with Crippen LogP contribution in [0.15, 0.2) is 30.3 Å². The maximum atomic E-state index is 9.76. The Morgan fingerprint density at radius 2 is 1.77 bits per heavy atom. The first-order valence-corrected chi connectivity index (χ1v) is 4.27. The monoisotopic (exact) mass is 181 g/mol. The Bertz CT molecular complexity index is 248. The summed E-state index contributed by atoms with van der Waals surface area (Å²) in [5.74, 6) is 0. The molecule has 0 aliphatic carbocycles. The van der Waals surface area contributed by atoms with Crippen LogP contribution in [0, 0.1) is 0 Å². The largest absolute Gasteiger partial charge is 0.387 e. The van der Waals surface area contributed by atoms with Crippen LogP contribution in [0.25, 0.3) is 0 Å². The number of aliphatic hydroxyl groups excluding tert-OH is 1. The highest BCUT2D eigenvalue weighted by molar-refractivity contribution is 5.18. The molecule has 0 bridgehead atoms. The van der Waals surface area contributed by atoms with E-state index < -0.39 is 6.10 Å². The molecule has 3 heteroatoms. The summed E-state index contributed by atoms with van der Waals surface area (Å²) >= 11 is 0. The van der Waals surface area contributed by atoms with Gasteiger partial charge < -0.3 is 10.3 Å². The Morgan fingerprint density at radius 3 is 2.23 bits per heavy atom. The Labute approximate surface area is 78.2 Å². The number of likely N-dealkylation sites (N-methyl/N-ethyl adjacent to an activating group) is 1. The van der Waals surface area contributed by atoms with Gasteiger partial charge in [-0.05, 0) is 12.5 Å². The standard InChI is InChI=1S/C10H15NO2/c1-8(11(2)13)10(12)9-6-4-3-5-7-9/h3-8,10,12-13H,1-2H3/t8-,10+/m0/s1. The molecule has 72 valence electrons. The minimum Gasteiger partial charge on any atom is -0.387 e. The first-order chi connectivity index (χ1) is 6.13. The van der Waals surface area contributed by atoms with Gasteiger partial charge in [0.1, 0.15) is 0 Å². The number of hydrogen-bond donors (Lipinski definition) is 2. The molecule has 1 aromatic rings. The lowest BCUT2D eigenvalue weighted by Gasteiger charge is -2.23. The second kappa shape index (κ2) is 4.37. The van der Waals surface area contributed by atoms with Crippen molar-refractivity contribution < 1.29 is 10.3 Å². The van der Waals surface area contributed by atoms with E-state index in [4.69, 9.17) is 5.21 Å². The highest BCUT2D eigenvalue weighted by Crippen LogP contribution is 2.18. The summed E-state index contributed by atoms with van der Waals surface area (Å²) in [7, 11) is 1.52. The number of benzene rings is 1. The number of rotatable bonds is 3. The molecule has 0 fully saturated rings. The molecule has 0 aromatic heterocycles. The summed E-state index contributed by atoms with van der Waals surface area (Å²) < 4.78 is 0. The van der Waals surface area contributed by atoms with E-state index in [1.807, 2.05) is 30.3 Å². The lowest BCUT2D eigenvalue weighted by Crippen LogP contribution is -2.31. The van der Waals surface area contributed by atoms with Gasteiger partial charge in [0.2, 0.25) is 0 Å². The second-order valence-electron chi connectivity index (χ2n) is 3.17. The van der Waals surface area contributed by atoms with E-state index in [0.717, 1.165) is 10.6 Å². The molecule has 0 unspecified atom stereocenters. The van der Waals surface area contributed by atoms with Crippen LogP contribution >= 0.6 is 0 Å². The molecule has 0 amide bonds. The van der Waals surface area contributed by atoms with E-state index in [0.29, 0.717) is 0 Å². The minimum absolute atomic E-state index is 0.303. The summed E-state index contributed by atoms with van der Waals surface area (Å²) in [5.41, 5.74) is 0.816. The van der Waals surface area contributed by atoms with Crippen LogP contribution in [-0.4, -0.2) is 28.5 Å². The second-order valence-corrected chi connectivity index (χ2v) is 3.17. The SMILES string of the molecule is C[C@@H]([C@@H](O)c1ccccc1)N(C)O. The van der Waals surface area contributed by atoms with E-state index in [-0.39, 0.29) is 6.04 Å². The van der Waals surface area contributed by atoms with Gasteiger partial charge in [-0.2, -0.15) is 5.06 Å². The van der Waals surface area contributed by atoms with E-state index in [2.05, 4.69) is 0 Å². The van der Waals surface area contributed by atoms with Gasteiger partial charge in [0.05, 0.1) is 12.1 Å². The number of hydrogen-bond acceptors (Lipinski definition) is 3. The van der Waals surface area contributed by atoms with E-state index >= 15 is 0 Å². The van der Waals surface area contributed by atoms with Gasteiger partial charge >= 0.3 is 0 Å². The van der Waals surface area contributed by atoms with Gasteiger partial charge in [0.25, 0.3) is 0 Å². The molecule has 0 aliphatic heterocycles. The Balaban J connectivity index is 2.73. The third-order valence-electron chi connectivity index (χ3n) is 2.19. The predicted octanol–water partition coefficient (Wildman–Crippen LogP) is 1.43. The topological polar surface area (TPSA) is 43.7 Å². The quantitative estimate of drug-likeness (QED) is 0.693. The van der Waals surface area contributed by atoms with Crippen LogP contribution in [-0.2, 0) is 0 Å². The van der Waals surface area contributed by atoms with Gasteiger partial charge in [0.15, 0.2) is 0 Å². The van der Waals surface area contributed by atoms with Crippen molar-refractivity contribution in [3.63, 3.8) is 0 Å². The van der Waals surface area contributed by atoms with Crippen LogP contribution in [0.4, 0.5) is 0 Å². The molecular weight excluding hydrogens is 166 g/mol. The van der Waals surface area contributed by atoms with Gasteiger partial charge in [-0.15, -0.1) is 0 Å². The van der Waals surface area contributed by atoms with E-state index in [9.17, 15) is 5.11 Å². The van der Waals surface area contributed by atoms with Crippen molar-refractivity contribution in [2.75, 3.05) is 7.05 Å². The van der Waals surface area contributed by atoms with Crippen LogP contribution in [0.3, 0.4) is 0 Å². The summed E-state index contributed by atoms with van der Waals surface area (Å²) in [6.07, 6.45) is -0.656. The fraction of sp³-hybridized carbons (Fsp3) is 0.400. The lowest BCUT2D eigenvalue weighted by molar-refractivity contribution is -0.129. The first kappa shape index (κ1) is 10.2. The number of aliphatic hydroxyl groups is 1. The summed E-state index contributed by atoms with van der Waals surface area (Å²) in [5, 5.41) is 19.9. The molecule has 0 spiro atoms. The maximum absolute atomic E-state index is 9.76. The molecule has 0 saturated heterocycles. The molecule has 13 heavy (non-hydrogen) atoms. The first-order valence-electron chi connectivity index (χ1n) is 4.27. The summed E-state index contributed by atoms with van der Waals surface area (Å²) in [6, 6.07) is 8.99. The highest BCUT2D eigenvalue weighted by Gasteiger charge is 2.18. The fourth-order valence-electron chi connectivity index (χ4n) is 1.13. The van der Waals surface area contributed by atoms with Crippen LogP contribution in [0.5, 0.6) is 0 Å². The van der Waals surface area contributed by atoms with Crippen LogP contribution in [0.2, 0.25) is 0 Å². The van der Waals surface area contributed by atoms with Gasteiger partial charge in [-0.3, -0.25) is 0 Å². The summed E-state index contributed by atoms with van der Waals surface area (Å²) in [4.78, 5) is 0. The average Bonchev–Trinajstić information content (AvgIpc) is 2.17. The van der Waals surface area contributed by atoms with Gasteiger partial charge in [-0.1, -0.05) is 30.3 Å². The predicted molar refractivity (Wildman–Crippen MR) is 50.4 cm³/mol. The normalized spacial score (nSPS) is 15.8. The van der Waals surface area contributed by atoms with Crippen molar-refractivity contribution in [2.24, 2.45) is 0 Å². The van der Waals surface area contributed by atoms with Crippen molar-refractivity contribution in [1.29, 1.82) is 0 Å². The van der Waals surface area contributed by atoms with Gasteiger partial charge in [0, 0.05) is 7.05 Å². The molecule has 2 N–H and O–H groups in total. The van der Waals surface area contributed by atoms with Crippen molar-refractivity contribution in [1.82, 2.24) is 5.06 Å². The molecule has 0 heterocycles. The van der Waals surface area contributed by atoms with Crippen molar-refractivity contribution >= 4 is 0 Å². The van der Waals surface area contributed by atoms with E-state index in [1.54, 1.807) is 6.92 Å². The molecular formula is C10H15NO2. The fourth-order valence-corrected chi connectivity index (χ4v) is 1.13. The Hall–Kier alpha value is -0.900. The van der Waals surface area contributed by atoms with Crippen molar-refractivity contribution in [2.45, 2.75) is 19.1 Å². The van der Waals surface area contributed by atoms with Crippen molar-refractivity contribution in [3.05, 3.63) is 35.9 Å². The Kier molecular flexibility index (Phi) is 3.42. The minimum atomic E-state index is -0.656. The molecule has 0 saturated carbocycles. The van der Waals surface area contributed by atoms with E-state index in [1.165, 1.54) is 7.05 Å². The lowest BCUT2D eigenvalue weighted by atomic mass is 10.0. The molecule has 0 radical (unpaired) electrons. The molecule has 1 rings (SSSR count). The van der Waals surface area contributed by atoms with Crippen LogP contribution in [0.1, 0.15) is 18.6 Å². The molecule has 1 aromatic carbocycles. The maximum Gasteiger partial charge on any atom is 0.0965 e. The zero-order chi connectivity index (χ0) is 9.84. The smallest absolute Gasteiger partial charge is 0.0965 e. The zero-order valence-corrected chi connectivity index (χ0v) is 7.88. The Morgan fingerprint density at radius 1 is 1.23 bits per heavy atom. The van der Waals surface area contributed by atoms with Crippen LogP contribution < -0.4 is 0 Å². The van der Waals surface area contributed by atoms with Crippen molar-refractivity contribution in [3.8, 4) is 0 Å². The third-order valence-corrected chi connectivity index (χ3v) is 2.19.